The first-order chi connectivity index (χ1) is 7.59. The van der Waals surface area contributed by atoms with Gasteiger partial charge in [-0.25, -0.2) is 13.6 Å². The zero-order valence-electron chi connectivity index (χ0n) is 9.43. The second kappa shape index (κ2) is 5.82. The number of nitrogens with one attached hydrogen (secondary N) is 1. The van der Waals surface area contributed by atoms with Gasteiger partial charge in [0, 0.05) is 0 Å². The predicted octanol–water partition coefficient (Wildman–Crippen LogP) is 1.22. The van der Waals surface area contributed by atoms with Crippen LogP contribution in [0.15, 0.2) is 29.2 Å². The molecule has 96 valence electrons. The van der Waals surface area contributed by atoms with E-state index in [1.165, 1.54) is 0 Å². The van der Waals surface area contributed by atoms with Crippen LogP contribution in [-0.2, 0) is 10.0 Å². The largest absolute Gasteiger partial charge is 0.317 e. The third kappa shape index (κ3) is 3.42. The Bertz CT molecular complexity index is 470. The van der Waals surface area contributed by atoms with Gasteiger partial charge in [0.2, 0.25) is 10.0 Å². The molecule has 1 heterocycles. The molecule has 2 rings (SSSR count). The standard InChI is InChI=1S/C11H16N2O2S.ClH/c12-16(14,15)11-4-2-1-3-10(11)9-5-7-13-8-6-9;/h1-4,9,13H,5-8H2,(H2,12,14,15);1H. The second-order valence-electron chi connectivity index (χ2n) is 4.11. The Labute approximate surface area is 108 Å². The summed E-state index contributed by atoms with van der Waals surface area (Å²) in [6.45, 7) is 1.87. The molecule has 1 aromatic rings. The zero-order valence-corrected chi connectivity index (χ0v) is 11.1. The lowest BCUT2D eigenvalue weighted by molar-refractivity contribution is 0.455. The maximum absolute atomic E-state index is 11.5. The van der Waals surface area contributed by atoms with Crippen LogP contribution in [0.2, 0.25) is 0 Å². The van der Waals surface area contributed by atoms with Crippen molar-refractivity contribution < 1.29 is 8.42 Å². The van der Waals surface area contributed by atoms with Crippen LogP contribution in [-0.4, -0.2) is 21.5 Å². The van der Waals surface area contributed by atoms with Crippen molar-refractivity contribution in [2.75, 3.05) is 13.1 Å². The van der Waals surface area contributed by atoms with Gasteiger partial charge in [-0.05, 0) is 43.5 Å². The Balaban J connectivity index is 0.00000144. The SMILES string of the molecule is Cl.NS(=O)(=O)c1ccccc1C1CCNCC1. The van der Waals surface area contributed by atoms with E-state index in [2.05, 4.69) is 5.32 Å². The lowest BCUT2D eigenvalue weighted by Crippen LogP contribution is -2.28. The molecule has 0 aliphatic carbocycles. The molecule has 0 bridgehead atoms. The molecule has 0 atom stereocenters. The van der Waals surface area contributed by atoms with Crippen LogP contribution in [0, 0.1) is 0 Å². The van der Waals surface area contributed by atoms with E-state index in [1.807, 2.05) is 12.1 Å². The van der Waals surface area contributed by atoms with Crippen molar-refractivity contribution in [1.29, 1.82) is 0 Å². The van der Waals surface area contributed by atoms with Gasteiger partial charge in [0.05, 0.1) is 4.90 Å². The molecule has 1 aliphatic heterocycles. The fourth-order valence-electron chi connectivity index (χ4n) is 2.21. The van der Waals surface area contributed by atoms with Crippen LogP contribution in [0.5, 0.6) is 0 Å². The van der Waals surface area contributed by atoms with Crippen LogP contribution < -0.4 is 10.5 Å². The maximum Gasteiger partial charge on any atom is 0.238 e. The van der Waals surface area contributed by atoms with E-state index in [1.54, 1.807) is 12.1 Å². The van der Waals surface area contributed by atoms with Crippen LogP contribution in [0.4, 0.5) is 0 Å². The number of piperidine rings is 1. The molecule has 3 N–H and O–H groups in total. The van der Waals surface area contributed by atoms with Crippen molar-refractivity contribution in [3.05, 3.63) is 29.8 Å². The molecule has 0 unspecified atom stereocenters. The summed E-state index contributed by atoms with van der Waals surface area (Å²) in [6.07, 6.45) is 1.93. The Kier molecular flexibility index (Phi) is 4.94. The van der Waals surface area contributed by atoms with Gasteiger partial charge in [-0.15, -0.1) is 12.4 Å². The average Bonchev–Trinajstić information content (AvgIpc) is 2.29. The number of halogens is 1. The summed E-state index contributed by atoms with van der Waals surface area (Å²) in [5, 5.41) is 8.48. The molecule has 0 spiro atoms. The van der Waals surface area contributed by atoms with Crippen molar-refractivity contribution >= 4 is 22.4 Å². The van der Waals surface area contributed by atoms with Gasteiger partial charge in [0.1, 0.15) is 0 Å². The summed E-state index contributed by atoms with van der Waals surface area (Å²) in [4.78, 5) is 0.280. The second-order valence-corrected chi connectivity index (χ2v) is 5.64. The molecule has 0 aromatic heterocycles. The molecule has 6 heteroatoms. The van der Waals surface area contributed by atoms with Gasteiger partial charge in [-0.2, -0.15) is 0 Å². The van der Waals surface area contributed by atoms with Gasteiger partial charge < -0.3 is 5.32 Å². The number of hydrogen-bond donors (Lipinski definition) is 2. The lowest BCUT2D eigenvalue weighted by Gasteiger charge is -2.24. The minimum absolute atomic E-state index is 0. The van der Waals surface area contributed by atoms with Gasteiger partial charge in [-0.1, -0.05) is 18.2 Å². The van der Waals surface area contributed by atoms with Crippen molar-refractivity contribution in [3.8, 4) is 0 Å². The van der Waals surface area contributed by atoms with E-state index < -0.39 is 10.0 Å². The van der Waals surface area contributed by atoms with Gasteiger partial charge in [-0.3, -0.25) is 0 Å². The quantitative estimate of drug-likeness (QED) is 0.853. The number of primary sulfonamides is 1. The number of rotatable bonds is 2. The Morgan fingerprint density at radius 1 is 1.18 bits per heavy atom. The monoisotopic (exact) mass is 276 g/mol. The van der Waals surface area contributed by atoms with E-state index >= 15 is 0 Å². The molecule has 0 saturated carbocycles. The minimum atomic E-state index is -3.60. The van der Waals surface area contributed by atoms with E-state index in [0.29, 0.717) is 5.92 Å². The van der Waals surface area contributed by atoms with Gasteiger partial charge >= 0.3 is 0 Å². The lowest BCUT2D eigenvalue weighted by atomic mass is 9.90. The van der Waals surface area contributed by atoms with Crippen LogP contribution in [0.3, 0.4) is 0 Å². The molecule has 0 radical (unpaired) electrons. The topological polar surface area (TPSA) is 72.2 Å². The van der Waals surface area contributed by atoms with Crippen molar-refractivity contribution in [2.24, 2.45) is 5.14 Å². The van der Waals surface area contributed by atoms with Crippen molar-refractivity contribution in [3.63, 3.8) is 0 Å². The van der Waals surface area contributed by atoms with Crippen LogP contribution >= 0.6 is 12.4 Å². The minimum Gasteiger partial charge on any atom is -0.317 e. The Morgan fingerprint density at radius 2 is 1.76 bits per heavy atom. The highest BCUT2D eigenvalue weighted by atomic mass is 35.5. The highest BCUT2D eigenvalue weighted by molar-refractivity contribution is 7.89. The number of benzene rings is 1. The molecular formula is C11H17ClN2O2S. The molecule has 0 amide bonds. The normalized spacial score (nSPS) is 17.5. The summed E-state index contributed by atoms with van der Waals surface area (Å²) < 4.78 is 22.9. The van der Waals surface area contributed by atoms with Crippen LogP contribution in [0.25, 0.3) is 0 Å². The smallest absolute Gasteiger partial charge is 0.238 e. The third-order valence-electron chi connectivity index (χ3n) is 3.00. The fraction of sp³-hybridized carbons (Fsp3) is 0.455. The Hall–Kier alpha value is -0.620. The maximum atomic E-state index is 11.5. The fourth-order valence-corrected chi connectivity index (χ4v) is 3.04. The summed E-state index contributed by atoms with van der Waals surface area (Å²) in [5.74, 6) is 0.302. The molecule has 1 fully saturated rings. The van der Waals surface area contributed by atoms with E-state index in [4.69, 9.17) is 5.14 Å². The number of sulfonamides is 1. The molecule has 4 nitrogen and oxygen atoms in total. The average molecular weight is 277 g/mol. The first-order valence-electron chi connectivity index (χ1n) is 5.41. The van der Waals surface area contributed by atoms with Gasteiger partial charge in [0.25, 0.3) is 0 Å². The summed E-state index contributed by atoms with van der Waals surface area (Å²) in [5.41, 5.74) is 0.867. The zero-order chi connectivity index (χ0) is 11.6. The highest BCUT2D eigenvalue weighted by Crippen LogP contribution is 2.29. The highest BCUT2D eigenvalue weighted by Gasteiger charge is 2.21. The van der Waals surface area contributed by atoms with E-state index in [-0.39, 0.29) is 17.3 Å². The van der Waals surface area contributed by atoms with Crippen LogP contribution in [0.1, 0.15) is 24.3 Å². The van der Waals surface area contributed by atoms with Gasteiger partial charge in [0.15, 0.2) is 0 Å². The molecule has 1 aliphatic rings. The first-order valence-corrected chi connectivity index (χ1v) is 6.96. The molecule has 17 heavy (non-hydrogen) atoms. The first kappa shape index (κ1) is 14.4. The molecule has 1 saturated heterocycles. The van der Waals surface area contributed by atoms with E-state index in [9.17, 15) is 8.42 Å². The van der Waals surface area contributed by atoms with E-state index in [0.717, 1.165) is 31.5 Å². The molecule has 1 aromatic carbocycles. The van der Waals surface area contributed by atoms with Crippen molar-refractivity contribution in [2.45, 2.75) is 23.7 Å². The predicted molar refractivity (Wildman–Crippen MR) is 69.9 cm³/mol. The number of nitrogens with two attached hydrogens (primary N) is 1. The summed E-state index contributed by atoms with van der Waals surface area (Å²) >= 11 is 0. The van der Waals surface area contributed by atoms with Crippen molar-refractivity contribution in [1.82, 2.24) is 5.32 Å². The Morgan fingerprint density at radius 3 is 2.35 bits per heavy atom. The summed E-state index contributed by atoms with van der Waals surface area (Å²) in [6, 6.07) is 7.04. The molecular weight excluding hydrogens is 260 g/mol. The summed E-state index contributed by atoms with van der Waals surface area (Å²) in [7, 11) is -3.60. The third-order valence-corrected chi connectivity index (χ3v) is 3.99. The number of hydrogen-bond acceptors (Lipinski definition) is 3.